The first-order valence-corrected chi connectivity index (χ1v) is 3.83. The first-order chi connectivity index (χ1) is 5.31. The second-order valence-electron chi connectivity index (χ2n) is 2.32. The van der Waals surface area contributed by atoms with E-state index in [1.54, 1.807) is 0 Å². The molecule has 0 spiro atoms. The number of alkyl halides is 1. The molecule has 0 aliphatic rings. The van der Waals surface area contributed by atoms with Crippen molar-refractivity contribution in [3.05, 3.63) is 36.0 Å². The molecule has 0 unspecified atom stereocenters. The Balaban J connectivity index is 3.71. The molecule has 0 saturated carbocycles. The van der Waals surface area contributed by atoms with Crippen LogP contribution in [0.15, 0.2) is 36.0 Å². The molecule has 11 heavy (non-hydrogen) atoms. The number of rotatable bonds is 4. The fraction of sp³-hybridized carbons (Fsp3) is 0.400. The van der Waals surface area contributed by atoms with Gasteiger partial charge in [0.1, 0.15) is 0 Å². The van der Waals surface area contributed by atoms with Crippen LogP contribution in [0.3, 0.4) is 0 Å². The Hall–Kier alpha value is -0.850. The van der Waals surface area contributed by atoms with E-state index in [-0.39, 0.29) is 6.67 Å². The summed E-state index contributed by atoms with van der Waals surface area (Å²) in [5, 5.41) is 0. The highest BCUT2D eigenvalue weighted by Crippen LogP contribution is 1.95. The molecule has 0 nitrogen and oxygen atoms in total. The highest BCUT2D eigenvalue weighted by Gasteiger charge is 1.76. The van der Waals surface area contributed by atoms with Gasteiger partial charge in [-0.2, -0.15) is 0 Å². The van der Waals surface area contributed by atoms with Gasteiger partial charge in [0, 0.05) is 0 Å². The van der Waals surface area contributed by atoms with E-state index in [2.05, 4.69) is 0 Å². The Morgan fingerprint density at radius 2 is 2.18 bits per heavy atom. The monoisotopic (exact) mass is 154 g/mol. The van der Waals surface area contributed by atoms with Gasteiger partial charge in [0.15, 0.2) is 0 Å². The molecule has 1 heteroatoms. The van der Waals surface area contributed by atoms with Gasteiger partial charge in [0.05, 0.1) is 6.67 Å². The van der Waals surface area contributed by atoms with Crippen molar-refractivity contribution in [2.24, 2.45) is 0 Å². The van der Waals surface area contributed by atoms with Crippen LogP contribution in [0.25, 0.3) is 0 Å². The minimum atomic E-state index is -0.271. The maximum absolute atomic E-state index is 11.6. The summed E-state index contributed by atoms with van der Waals surface area (Å²) in [4.78, 5) is 0. The van der Waals surface area contributed by atoms with Crippen LogP contribution in [0.4, 0.5) is 4.39 Å². The number of halogens is 1. The minimum absolute atomic E-state index is 0.271. The summed E-state index contributed by atoms with van der Waals surface area (Å²) in [6.07, 6.45) is 10.2. The maximum Gasteiger partial charge on any atom is 0.0928 e. The van der Waals surface area contributed by atoms with E-state index in [9.17, 15) is 4.39 Å². The van der Waals surface area contributed by atoms with Gasteiger partial charge in [-0.1, -0.05) is 36.0 Å². The van der Waals surface area contributed by atoms with Crippen molar-refractivity contribution in [2.75, 3.05) is 6.67 Å². The van der Waals surface area contributed by atoms with E-state index in [1.807, 2.05) is 44.2 Å². The van der Waals surface area contributed by atoms with Crippen molar-refractivity contribution in [1.82, 2.24) is 0 Å². The zero-order valence-corrected chi connectivity index (χ0v) is 7.18. The first-order valence-electron chi connectivity index (χ1n) is 3.83. The Bertz CT molecular complexity index is 164. The highest BCUT2D eigenvalue weighted by atomic mass is 19.1. The van der Waals surface area contributed by atoms with Crippen LogP contribution in [0.1, 0.15) is 20.3 Å². The zero-order valence-electron chi connectivity index (χ0n) is 7.18. The Morgan fingerprint density at radius 3 is 2.73 bits per heavy atom. The average Bonchev–Trinajstić information content (AvgIpc) is 1.99. The molecule has 0 aromatic carbocycles. The molecule has 0 atom stereocenters. The molecule has 0 N–H and O–H groups in total. The molecule has 0 fully saturated rings. The Kier molecular flexibility index (Phi) is 6.70. The van der Waals surface area contributed by atoms with Gasteiger partial charge < -0.3 is 0 Å². The Morgan fingerprint density at radius 1 is 1.45 bits per heavy atom. The molecule has 0 heterocycles. The third-order valence-corrected chi connectivity index (χ3v) is 1.20. The van der Waals surface area contributed by atoms with Gasteiger partial charge in [0.2, 0.25) is 0 Å². The number of allylic oxidation sites excluding steroid dienone is 6. The molecule has 0 aliphatic heterocycles. The van der Waals surface area contributed by atoms with Crippen LogP contribution < -0.4 is 0 Å². The SMILES string of the molecule is C/C=C/C(C)=C\C=C/CCF. The number of hydrogen-bond donors (Lipinski definition) is 0. The highest BCUT2D eigenvalue weighted by molar-refractivity contribution is 5.20. The van der Waals surface area contributed by atoms with Crippen molar-refractivity contribution in [3.8, 4) is 0 Å². The lowest BCUT2D eigenvalue weighted by molar-refractivity contribution is 0.501. The van der Waals surface area contributed by atoms with Gasteiger partial charge in [0.25, 0.3) is 0 Å². The third-order valence-electron chi connectivity index (χ3n) is 1.20. The van der Waals surface area contributed by atoms with Crippen LogP contribution >= 0.6 is 0 Å². The molecule has 0 saturated heterocycles. The fourth-order valence-corrected chi connectivity index (χ4v) is 0.697. The van der Waals surface area contributed by atoms with Crippen molar-refractivity contribution < 1.29 is 4.39 Å². The van der Waals surface area contributed by atoms with E-state index < -0.39 is 0 Å². The summed E-state index contributed by atoms with van der Waals surface area (Å²) in [5.41, 5.74) is 1.18. The summed E-state index contributed by atoms with van der Waals surface area (Å²) in [5.74, 6) is 0. The molecular weight excluding hydrogens is 139 g/mol. The van der Waals surface area contributed by atoms with Crippen LogP contribution in [-0.2, 0) is 0 Å². The molecule has 0 aromatic heterocycles. The average molecular weight is 154 g/mol. The zero-order chi connectivity index (χ0) is 8.53. The summed E-state index contributed by atoms with van der Waals surface area (Å²) in [7, 11) is 0. The molecule has 0 bridgehead atoms. The van der Waals surface area contributed by atoms with E-state index >= 15 is 0 Å². The Labute approximate surface area is 68.1 Å². The van der Waals surface area contributed by atoms with Crippen molar-refractivity contribution >= 4 is 0 Å². The summed E-state index contributed by atoms with van der Waals surface area (Å²) < 4.78 is 11.6. The summed E-state index contributed by atoms with van der Waals surface area (Å²) in [6.45, 7) is 3.72. The fourth-order valence-electron chi connectivity index (χ4n) is 0.697. The van der Waals surface area contributed by atoms with Crippen LogP contribution in [0.5, 0.6) is 0 Å². The lowest BCUT2D eigenvalue weighted by Crippen LogP contribution is -1.68. The lowest BCUT2D eigenvalue weighted by Gasteiger charge is -1.85. The normalized spacial score (nSPS) is 13.5. The van der Waals surface area contributed by atoms with Crippen LogP contribution in [-0.4, -0.2) is 6.67 Å². The van der Waals surface area contributed by atoms with E-state index in [1.165, 1.54) is 5.57 Å². The first kappa shape index (κ1) is 10.2. The summed E-state index contributed by atoms with van der Waals surface area (Å²) in [6, 6.07) is 0. The topological polar surface area (TPSA) is 0 Å². The van der Waals surface area contributed by atoms with Crippen molar-refractivity contribution in [1.29, 1.82) is 0 Å². The largest absolute Gasteiger partial charge is 0.251 e. The molecule has 0 amide bonds. The van der Waals surface area contributed by atoms with Crippen molar-refractivity contribution in [2.45, 2.75) is 20.3 Å². The minimum Gasteiger partial charge on any atom is -0.251 e. The standard InChI is InChI=1S/C10H15F/c1-3-7-10(2)8-5-4-6-9-11/h3-5,7-8H,6,9H2,1-2H3/b5-4-,7-3+,10-8-. The van der Waals surface area contributed by atoms with Crippen LogP contribution in [0.2, 0.25) is 0 Å². The van der Waals surface area contributed by atoms with Crippen molar-refractivity contribution in [3.63, 3.8) is 0 Å². The number of hydrogen-bond acceptors (Lipinski definition) is 0. The molecular formula is C10H15F. The molecule has 0 radical (unpaired) electrons. The third kappa shape index (κ3) is 7.04. The molecule has 62 valence electrons. The predicted octanol–water partition coefficient (Wildman–Crippen LogP) is 3.42. The lowest BCUT2D eigenvalue weighted by atomic mass is 10.2. The molecule has 0 rings (SSSR count). The van der Waals surface area contributed by atoms with Gasteiger partial charge in [-0.05, 0) is 20.3 Å². The maximum atomic E-state index is 11.6. The summed E-state index contributed by atoms with van der Waals surface area (Å²) >= 11 is 0. The quantitative estimate of drug-likeness (QED) is 0.544. The predicted molar refractivity (Wildman–Crippen MR) is 48.3 cm³/mol. The second kappa shape index (κ2) is 7.26. The second-order valence-corrected chi connectivity index (χ2v) is 2.32. The van der Waals surface area contributed by atoms with Gasteiger partial charge in [-0.25, -0.2) is 0 Å². The van der Waals surface area contributed by atoms with Crippen LogP contribution in [0, 0.1) is 0 Å². The molecule has 0 aromatic rings. The van der Waals surface area contributed by atoms with E-state index in [4.69, 9.17) is 0 Å². The van der Waals surface area contributed by atoms with Gasteiger partial charge in [-0.15, -0.1) is 0 Å². The van der Waals surface area contributed by atoms with Gasteiger partial charge in [-0.3, -0.25) is 4.39 Å². The smallest absolute Gasteiger partial charge is 0.0928 e. The molecule has 0 aliphatic carbocycles. The van der Waals surface area contributed by atoms with E-state index in [0.29, 0.717) is 6.42 Å². The van der Waals surface area contributed by atoms with Gasteiger partial charge >= 0.3 is 0 Å². The van der Waals surface area contributed by atoms with E-state index in [0.717, 1.165) is 0 Å².